The van der Waals surface area contributed by atoms with Gasteiger partial charge in [0, 0.05) is 6.07 Å². The number of carbonyl (C=O) groups is 1. The first-order chi connectivity index (χ1) is 7.65. The molecule has 86 valence electrons. The number of ketones is 1. The van der Waals surface area contributed by atoms with Gasteiger partial charge in [0.05, 0.1) is 12.1 Å². The molecule has 1 heterocycles. The largest absolute Gasteiger partial charge is 0.494 e. The van der Waals surface area contributed by atoms with Crippen LogP contribution in [0, 0.1) is 0 Å². The van der Waals surface area contributed by atoms with E-state index in [1.54, 1.807) is 6.07 Å². The Kier molecular flexibility index (Phi) is 2.92. The fourth-order valence-electron chi connectivity index (χ4n) is 1.66. The molecule has 16 heavy (non-hydrogen) atoms. The second kappa shape index (κ2) is 4.22. The van der Waals surface area contributed by atoms with Crippen LogP contribution in [0.15, 0.2) is 6.07 Å². The fraction of sp³-hybridized carbons (Fsp3) is 0.364. The number of hydrogen-bond acceptors (Lipinski definition) is 4. The average Bonchev–Trinajstić information content (AvgIpc) is 2.26. The van der Waals surface area contributed by atoms with Gasteiger partial charge in [-0.25, -0.2) is 0 Å². The van der Waals surface area contributed by atoms with Crippen molar-refractivity contribution in [1.82, 2.24) is 0 Å². The summed E-state index contributed by atoms with van der Waals surface area (Å²) in [6, 6.07) is 1.60. The van der Waals surface area contributed by atoms with E-state index in [1.807, 2.05) is 0 Å². The average molecular weight is 243 g/mol. The third-order valence-electron chi connectivity index (χ3n) is 2.30. The third kappa shape index (κ3) is 1.69. The minimum absolute atomic E-state index is 0.166. The van der Waals surface area contributed by atoms with E-state index < -0.39 is 0 Å². The van der Waals surface area contributed by atoms with Crippen molar-refractivity contribution in [3.63, 3.8) is 0 Å². The number of fused-ring (bicyclic) bond motifs is 1. The minimum Gasteiger partial charge on any atom is -0.494 e. The monoisotopic (exact) mass is 242 g/mol. The van der Waals surface area contributed by atoms with E-state index in [9.17, 15) is 4.79 Å². The van der Waals surface area contributed by atoms with Crippen LogP contribution in [0.5, 0.6) is 17.2 Å². The van der Waals surface area contributed by atoms with Crippen molar-refractivity contribution >= 4 is 17.4 Å². The topological polar surface area (TPSA) is 44.8 Å². The molecule has 0 saturated carbocycles. The number of ether oxygens (including phenoxy) is 3. The van der Waals surface area contributed by atoms with E-state index >= 15 is 0 Å². The molecule has 1 aromatic rings. The quantitative estimate of drug-likeness (QED) is 0.747. The lowest BCUT2D eigenvalue weighted by atomic mass is 10.1. The Balaban J connectivity index is 2.68. The lowest BCUT2D eigenvalue weighted by Crippen LogP contribution is -2.18. The predicted molar refractivity (Wildman–Crippen MR) is 59.0 cm³/mol. The molecule has 1 aromatic carbocycles. The van der Waals surface area contributed by atoms with E-state index in [0.29, 0.717) is 41.0 Å². The van der Waals surface area contributed by atoms with E-state index in [2.05, 4.69) is 0 Å². The Bertz CT molecular complexity index is 442. The molecule has 0 aliphatic carbocycles. The molecule has 2 rings (SSSR count). The maximum atomic E-state index is 11.6. The Morgan fingerprint density at radius 2 is 2.12 bits per heavy atom. The summed E-state index contributed by atoms with van der Waals surface area (Å²) in [5, 5.41) is 0.344. The van der Waals surface area contributed by atoms with Crippen molar-refractivity contribution < 1.29 is 19.0 Å². The van der Waals surface area contributed by atoms with Gasteiger partial charge in [-0.3, -0.25) is 4.79 Å². The van der Waals surface area contributed by atoms with E-state index in [4.69, 9.17) is 25.8 Å². The van der Waals surface area contributed by atoms with Gasteiger partial charge >= 0.3 is 0 Å². The first-order valence-electron chi connectivity index (χ1n) is 4.82. The number of methoxy groups -OCH3 is 1. The summed E-state index contributed by atoms with van der Waals surface area (Å²) in [7, 11) is 1.46. The highest BCUT2D eigenvalue weighted by Crippen LogP contribution is 2.44. The number of benzene rings is 1. The molecule has 0 spiro atoms. The van der Waals surface area contributed by atoms with E-state index in [1.165, 1.54) is 14.0 Å². The molecule has 0 atom stereocenters. The van der Waals surface area contributed by atoms with Crippen LogP contribution in [0.25, 0.3) is 0 Å². The third-order valence-corrected chi connectivity index (χ3v) is 2.58. The Labute approximate surface area is 98.1 Å². The molecule has 4 nitrogen and oxygen atoms in total. The summed E-state index contributed by atoms with van der Waals surface area (Å²) >= 11 is 6.00. The minimum atomic E-state index is -0.166. The SMILES string of the molecule is COc1c(Cl)cc2c(c1C(C)=O)OCCO2. The van der Waals surface area contributed by atoms with Gasteiger partial charge in [0.2, 0.25) is 0 Å². The molecule has 0 unspecified atom stereocenters. The van der Waals surface area contributed by atoms with Gasteiger partial charge in [-0.1, -0.05) is 11.6 Å². The zero-order valence-electron chi connectivity index (χ0n) is 9.00. The maximum Gasteiger partial charge on any atom is 0.176 e. The van der Waals surface area contributed by atoms with Crippen LogP contribution in [-0.2, 0) is 0 Å². The summed E-state index contributed by atoms with van der Waals surface area (Å²) in [5.41, 5.74) is 0.338. The fourth-order valence-corrected chi connectivity index (χ4v) is 1.93. The second-order valence-corrected chi connectivity index (χ2v) is 3.75. The van der Waals surface area contributed by atoms with E-state index in [-0.39, 0.29) is 5.78 Å². The van der Waals surface area contributed by atoms with Gasteiger partial charge in [0.25, 0.3) is 0 Å². The maximum absolute atomic E-state index is 11.6. The predicted octanol–water partition coefficient (Wildman–Crippen LogP) is 2.32. The number of rotatable bonds is 2. The van der Waals surface area contributed by atoms with Crippen molar-refractivity contribution in [2.75, 3.05) is 20.3 Å². The molecule has 0 fully saturated rings. The smallest absolute Gasteiger partial charge is 0.176 e. The highest BCUT2D eigenvalue weighted by molar-refractivity contribution is 6.33. The Hall–Kier alpha value is -1.42. The molecule has 0 bridgehead atoms. The summed E-state index contributed by atoms with van der Waals surface area (Å²) in [6.45, 7) is 2.30. The van der Waals surface area contributed by atoms with Crippen LogP contribution in [0.4, 0.5) is 0 Å². The van der Waals surface area contributed by atoms with Gasteiger partial charge in [0.15, 0.2) is 23.0 Å². The zero-order valence-corrected chi connectivity index (χ0v) is 9.76. The Morgan fingerprint density at radius 1 is 1.44 bits per heavy atom. The summed E-state index contributed by atoms with van der Waals surface area (Å²) in [5.74, 6) is 1.07. The summed E-state index contributed by atoms with van der Waals surface area (Å²) in [6.07, 6.45) is 0. The van der Waals surface area contributed by atoms with Gasteiger partial charge in [-0.05, 0) is 6.92 Å². The molecular weight excluding hydrogens is 232 g/mol. The van der Waals surface area contributed by atoms with Crippen molar-refractivity contribution in [1.29, 1.82) is 0 Å². The van der Waals surface area contributed by atoms with Gasteiger partial charge in [0.1, 0.15) is 18.8 Å². The number of Topliss-reactive ketones (excluding diaryl/α,β-unsaturated/α-hetero) is 1. The van der Waals surface area contributed by atoms with Gasteiger partial charge < -0.3 is 14.2 Å². The highest BCUT2D eigenvalue weighted by atomic mass is 35.5. The second-order valence-electron chi connectivity index (χ2n) is 3.35. The number of carbonyl (C=O) groups excluding carboxylic acids is 1. The molecular formula is C11H11ClO4. The van der Waals surface area contributed by atoms with Crippen LogP contribution < -0.4 is 14.2 Å². The lowest BCUT2D eigenvalue weighted by molar-refractivity contribution is 0.0998. The van der Waals surface area contributed by atoms with Crippen molar-refractivity contribution in [2.45, 2.75) is 6.92 Å². The van der Waals surface area contributed by atoms with E-state index in [0.717, 1.165) is 0 Å². The molecule has 0 N–H and O–H groups in total. The lowest BCUT2D eigenvalue weighted by Gasteiger charge is -2.22. The van der Waals surface area contributed by atoms with Crippen molar-refractivity contribution in [2.24, 2.45) is 0 Å². The standard InChI is InChI=1S/C11H11ClO4/c1-6(13)9-10(14-2)7(12)5-8-11(9)16-4-3-15-8/h5H,3-4H2,1-2H3. The van der Waals surface area contributed by atoms with Crippen LogP contribution >= 0.6 is 11.6 Å². The number of hydrogen-bond donors (Lipinski definition) is 0. The first-order valence-corrected chi connectivity index (χ1v) is 5.20. The molecule has 5 heteroatoms. The molecule has 0 radical (unpaired) electrons. The molecule has 0 saturated heterocycles. The summed E-state index contributed by atoms with van der Waals surface area (Å²) < 4.78 is 15.9. The zero-order chi connectivity index (χ0) is 11.7. The Morgan fingerprint density at radius 3 is 2.75 bits per heavy atom. The van der Waals surface area contributed by atoms with Crippen LogP contribution in [0.3, 0.4) is 0 Å². The van der Waals surface area contributed by atoms with Crippen molar-refractivity contribution in [3.05, 3.63) is 16.7 Å². The van der Waals surface area contributed by atoms with Gasteiger partial charge in [-0.2, -0.15) is 0 Å². The molecule has 1 aliphatic heterocycles. The number of halogens is 1. The van der Waals surface area contributed by atoms with Crippen LogP contribution in [-0.4, -0.2) is 26.1 Å². The molecule has 0 amide bonds. The highest BCUT2D eigenvalue weighted by Gasteiger charge is 2.25. The van der Waals surface area contributed by atoms with Crippen molar-refractivity contribution in [3.8, 4) is 17.2 Å². The van der Waals surface area contributed by atoms with Crippen LogP contribution in [0.2, 0.25) is 5.02 Å². The first kappa shape index (κ1) is 11.1. The molecule has 0 aromatic heterocycles. The molecule has 1 aliphatic rings. The normalized spacial score (nSPS) is 13.4. The summed E-state index contributed by atoms with van der Waals surface area (Å²) in [4.78, 5) is 11.6. The van der Waals surface area contributed by atoms with Crippen LogP contribution in [0.1, 0.15) is 17.3 Å². The van der Waals surface area contributed by atoms with Gasteiger partial charge in [-0.15, -0.1) is 0 Å².